The summed E-state index contributed by atoms with van der Waals surface area (Å²) >= 11 is 0. The largest absolute Gasteiger partial charge is 0.379 e. The van der Waals surface area contributed by atoms with Crippen LogP contribution >= 0.6 is 0 Å². The maximum Gasteiger partial charge on any atom is 0.251 e. The number of sulfone groups is 1. The molecule has 1 heterocycles. The number of hydrogen-bond donors (Lipinski definition) is 1. The van der Waals surface area contributed by atoms with Crippen LogP contribution in [0.25, 0.3) is 0 Å². The quantitative estimate of drug-likeness (QED) is 0.768. The minimum Gasteiger partial charge on any atom is -0.379 e. The molecule has 1 saturated heterocycles. The second-order valence-electron chi connectivity index (χ2n) is 7.06. The summed E-state index contributed by atoms with van der Waals surface area (Å²) in [7, 11) is -3.45. The first kappa shape index (κ1) is 20.5. The highest BCUT2D eigenvalue weighted by atomic mass is 32.2. The van der Waals surface area contributed by atoms with Crippen LogP contribution in [-0.4, -0.2) is 58.1 Å². The van der Waals surface area contributed by atoms with Crippen molar-refractivity contribution in [2.24, 2.45) is 0 Å². The van der Waals surface area contributed by atoms with Crippen molar-refractivity contribution in [1.82, 2.24) is 10.2 Å². The summed E-state index contributed by atoms with van der Waals surface area (Å²) in [5.41, 5.74) is 1.06. The third-order valence-electron chi connectivity index (χ3n) is 4.66. The molecule has 3 rings (SSSR count). The minimum atomic E-state index is -3.45. The van der Waals surface area contributed by atoms with Crippen molar-refractivity contribution in [3.63, 3.8) is 0 Å². The molecular formula is C21H26N2O4S. The Morgan fingerprint density at radius 3 is 2.54 bits per heavy atom. The summed E-state index contributed by atoms with van der Waals surface area (Å²) in [5, 5.41) is 2.99. The number of carbonyl (C=O) groups is 1. The van der Waals surface area contributed by atoms with Crippen LogP contribution in [0.1, 0.15) is 22.8 Å². The van der Waals surface area contributed by atoms with Gasteiger partial charge in [0.2, 0.25) is 0 Å². The standard InChI is InChI=1S/C21H26N2O4S/c1-17(15-23-10-12-27-13-11-23)22-21(24)19-7-5-6-18(14-19)16-28(25,26)20-8-3-2-4-9-20/h2-9,14,17H,10-13,15-16H2,1H3,(H,22,24). The lowest BCUT2D eigenvalue weighted by molar-refractivity contribution is 0.0342. The first-order valence-electron chi connectivity index (χ1n) is 9.42. The van der Waals surface area contributed by atoms with Gasteiger partial charge in [0, 0.05) is 31.2 Å². The zero-order valence-corrected chi connectivity index (χ0v) is 16.8. The van der Waals surface area contributed by atoms with Crippen LogP contribution in [0.15, 0.2) is 59.5 Å². The molecule has 0 aromatic heterocycles. The van der Waals surface area contributed by atoms with E-state index in [1.165, 1.54) is 0 Å². The number of ether oxygens (including phenoxy) is 1. The molecule has 28 heavy (non-hydrogen) atoms. The first-order valence-corrected chi connectivity index (χ1v) is 11.1. The van der Waals surface area contributed by atoms with Crippen molar-refractivity contribution in [3.8, 4) is 0 Å². The second kappa shape index (κ2) is 9.32. The summed E-state index contributed by atoms with van der Waals surface area (Å²) in [6.45, 7) is 5.91. The van der Waals surface area contributed by atoms with Crippen molar-refractivity contribution < 1.29 is 17.9 Å². The molecule has 1 N–H and O–H groups in total. The average Bonchev–Trinajstić information content (AvgIpc) is 2.69. The van der Waals surface area contributed by atoms with E-state index in [4.69, 9.17) is 4.74 Å². The molecule has 1 atom stereocenters. The molecule has 7 heteroatoms. The monoisotopic (exact) mass is 402 g/mol. The molecule has 0 aliphatic carbocycles. The van der Waals surface area contributed by atoms with Gasteiger partial charge in [0.05, 0.1) is 23.9 Å². The highest BCUT2D eigenvalue weighted by Crippen LogP contribution is 2.17. The van der Waals surface area contributed by atoms with Crippen LogP contribution in [0, 0.1) is 0 Å². The molecule has 2 aromatic rings. The lowest BCUT2D eigenvalue weighted by atomic mass is 10.1. The Labute approximate surface area is 166 Å². The Hall–Kier alpha value is -2.22. The van der Waals surface area contributed by atoms with E-state index in [-0.39, 0.29) is 22.6 Å². The smallest absolute Gasteiger partial charge is 0.251 e. The summed E-state index contributed by atoms with van der Waals surface area (Å²) in [4.78, 5) is 15.1. The zero-order chi connectivity index (χ0) is 20.0. The first-order chi connectivity index (χ1) is 13.4. The molecule has 1 aliphatic rings. The van der Waals surface area contributed by atoms with Crippen LogP contribution in [0.4, 0.5) is 0 Å². The van der Waals surface area contributed by atoms with Gasteiger partial charge in [-0.2, -0.15) is 0 Å². The zero-order valence-electron chi connectivity index (χ0n) is 16.0. The lowest BCUT2D eigenvalue weighted by Crippen LogP contribution is -2.46. The van der Waals surface area contributed by atoms with E-state index in [1.54, 1.807) is 54.6 Å². The molecule has 6 nitrogen and oxygen atoms in total. The van der Waals surface area contributed by atoms with Gasteiger partial charge in [-0.1, -0.05) is 30.3 Å². The molecule has 0 saturated carbocycles. The van der Waals surface area contributed by atoms with Gasteiger partial charge in [-0.05, 0) is 36.8 Å². The fourth-order valence-corrected chi connectivity index (χ4v) is 4.61. The van der Waals surface area contributed by atoms with Crippen molar-refractivity contribution in [2.45, 2.75) is 23.6 Å². The average molecular weight is 403 g/mol. The van der Waals surface area contributed by atoms with Gasteiger partial charge in [-0.15, -0.1) is 0 Å². The maximum atomic E-state index is 12.6. The lowest BCUT2D eigenvalue weighted by Gasteiger charge is -2.29. The number of morpholine rings is 1. The van der Waals surface area contributed by atoms with Crippen molar-refractivity contribution in [1.29, 1.82) is 0 Å². The molecule has 2 aromatic carbocycles. The van der Waals surface area contributed by atoms with Gasteiger partial charge in [0.15, 0.2) is 9.84 Å². The number of benzene rings is 2. The van der Waals surface area contributed by atoms with E-state index in [0.29, 0.717) is 11.1 Å². The van der Waals surface area contributed by atoms with Crippen molar-refractivity contribution in [3.05, 3.63) is 65.7 Å². The van der Waals surface area contributed by atoms with Gasteiger partial charge in [0.25, 0.3) is 5.91 Å². The number of nitrogens with zero attached hydrogens (tertiary/aromatic N) is 1. The summed E-state index contributed by atoms with van der Waals surface area (Å²) < 4.78 is 30.5. The van der Waals surface area contributed by atoms with Crippen LogP contribution in [0.2, 0.25) is 0 Å². The van der Waals surface area contributed by atoms with E-state index < -0.39 is 9.84 Å². The van der Waals surface area contributed by atoms with Crippen LogP contribution in [-0.2, 0) is 20.3 Å². The highest BCUT2D eigenvalue weighted by Gasteiger charge is 2.18. The van der Waals surface area contributed by atoms with E-state index in [1.807, 2.05) is 6.92 Å². The third-order valence-corrected chi connectivity index (χ3v) is 6.37. The number of carbonyl (C=O) groups excluding carboxylic acids is 1. The Morgan fingerprint density at radius 1 is 1.11 bits per heavy atom. The Kier molecular flexibility index (Phi) is 6.83. The summed E-state index contributed by atoms with van der Waals surface area (Å²) in [5.74, 6) is -0.332. The maximum absolute atomic E-state index is 12.6. The molecule has 1 unspecified atom stereocenters. The van der Waals surface area contributed by atoms with Gasteiger partial charge in [0.1, 0.15) is 0 Å². The number of hydrogen-bond acceptors (Lipinski definition) is 5. The summed E-state index contributed by atoms with van der Waals surface area (Å²) in [6, 6.07) is 15.1. The molecule has 1 fully saturated rings. The Morgan fingerprint density at radius 2 is 1.82 bits per heavy atom. The topological polar surface area (TPSA) is 75.7 Å². The Balaban J connectivity index is 1.63. The van der Waals surface area contributed by atoms with Crippen molar-refractivity contribution >= 4 is 15.7 Å². The Bertz CT molecular complexity index is 894. The molecule has 1 amide bonds. The SMILES string of the molecule is CC(CN1CCOCC1)NC(=O)c1cccc(CS(=O)(=O)c2ccccc2)c1. The second-order valence-corrected chi connectivity index (χ2v) is 9.05. The van der Waals surface area contributed by atoms with E-state index in [9.17, 15) is 13.2 Å². The highest BCUT2D eigenvalue weighted by molar-refractivity contribution is 7.90. The third kappa shape index (κ3) is 5.64. The van der Waals surface area contributed by atoms with Gasteiger partial charge in [-0.25, -0.2) is 8.42 Å². The van der Waals surface area contributed by atoms with Gasteiger partial charge < -0.3 is 10.1 Å². The molecule has 0 spiro atoms. The summed E-state index contributed by atoms with van der Waals surface area (Å²) in [6.07, 6.45) is 0. The van der Waals surface area contributed by atoms with Crippen molar-refractivity contribution in [2.75, 3.05) is 32.8 Å². The molecular weight excluding hydrogens is 376 g/mol. The van der Waals surface area contributed by atoms with E-state index in [2.05, 4.69) is 10.2 Å². The fourth-order valence-electron chi connectivity index (χ4n) is 3.26. The van der Waals surface area contributed by atoms with Gasteiger partial charge >= 0.3 is 0 Å². The molecule has 150 valence electrons. The van der Waals surface area contributed by atoms with Crippen LogP contribution in [0.5, 0.6) is 0 Å². The predicted molar refractivity (Wildman–Crippen MR) is 108 cm³/mol. The normalized spacial score (nSPS) is 16.5. The number of nitrogens with one attached hydrogen (secondary N) is 1. The van der Waals surface area contributed by atoms with E-state index >= 15 is 0 Å². The molecule has 1 aliphatic heterocycles. The molecule has 0 bridgehead atoms. The van der Waals surface area contributed by atoms with Gasteiger partial charge in [-0.3, -0.25) is 9.69 Å². The minimum absolute atomic E-state index is 0.0118. The van der Waals surface area contributed by atoms with Crippen LogP contribution < -0.4 is 5.32 Å². The fraction of sp³-hybridized carbons (Fsp3) is 0.381. The van der Waals surface area contributed by atoms with E-state index in [0.717, 1.165) is 32.8 Å². The number of rotatable bonds is 7. The number of amides is 1. The predicted octanol–water partition coefficient (Wildman–Crippen LogP) is 2.11. The van der Waals surface area contributed by atoms with Crippen LogP contribution in [0.3, 0.4) is 0 Å². The molecule has 0 radical (unpaired) electrons.